The third kappa shape index (κ3) is 5.37. The predicted octanol–water partition coefficient (Wildman–Crippen LogP) is 2.80. The van der Waals surface area contributed by atoms with Crippen LogP contribution in [0.3, 0.4) is 0 Å². The molecule has 0 N–H and O–H groups in total. The van der Waals surface area contributed by atoms with Crippen molar-refractivity contribution in [1.29, 1.82) is 0 Å². The Hall–Kier alpha value is -1.45. The lowest BCUT2D eigenvalue weighted by Gasteiger charge is -2.20. The van der Waals surface area contributed by atoms with Gasteiger partial charge in [0.25, 0.3) is 0 Å². The van der Waals surface area contributed by atoms with E-state index in [-0.39, 0.29) is 6.07 Å². The van der Waals surface area contributed by atoms with Crippen molar-refractivity contribution < 1.29 is 40.0 Å². The zero-order valence-electron chi connectivity index (χ0n) is 9.19. The maximum Gasteiger partial charge on any atom is 0.513 e. The predicted molar refractivity (Wildman–Crippen MR) is 52.6 cm³/mol. The van der Waals surface area contributed by atoms with E-state index in [4.69, 9.17) is 0 Å². The van der Waals surface area contributed by atoms with E-state index in [1.54, 1.807) is 0 Å². The van der Waals surface area contributed by atoms with Gasteiger partial charge in [-0.05, 0) is 18.2 Å². The highest BCUT2D eigenvalue weighted by molar-refractivity contribution is 6.74. The summed E-state index contributed by atoms with van der Waals surface area (Å²) in [5, 5.41) is 0. The fourth-order valence-corrected chi connectivity index (χ4v) is 1.17. The number of benzene rings is 1. The summed E-state index contributed by atoms with van der Waals surface area (Å²) in [6, 6.07) is 1.58. The van der Waals surface area contributed by atoms with E-state index in [1.807, 2.05) is 0 Å². The second kappa shape index (κ2) is 5.68. The van der Waals surface area contributed by atoms with E-state index < -0.39 is 43.6 Å². The molecule has 0 amide bonds. The quantitative estimate of drug-likeness (QED) is 0.359. The van der Waals surface area contributed by atoms with E-state index in [9.17, 15) is 30.5 Å². The number of alkyl halides is 3. The first kappa shape index (κ1) is 15.6. The van der Waals surface area contributed by atoms with Crippen LogP contribution in [0.1, 0.15) is 0 Å². The molecule has 0 aliphatic carbocycles. The van der Waals surface area contributed by atoms with Crippen LogP contribution in [0.25, 0.3) is 0 Å². The highest BCUT2D eigenvalue weighted by Gasteiger charge is 2.30. The molecule has 2 nitrogen and oxygen atoms in total. The Morgan fingerprint density at radius 3 is 2.26 bits per heavy atom. The molecule has 0 saturated carbocycles. The zero-order chi connectivity index (χ0) is 14.7. The number of halogens is 7. The molecule has 19 heavy (non-hydrogen) atoms. The zero-order valence-corrected chi connectivity index (χ0v) is 9.19. The monoisotopic (exact) mass is 291 g/mol. The van der Waals surface area contributed by atoms with Crippen LogP contribution in [0.4, 0.5) is 30.5 Å². The molecule has 1 rings (SSSR count). The van der Waals surface area contributed by atoms with E-state index >= 15 is 0 Å². The number of hydrogen-bond donors (Lipinski definition) is 0. The van der Waals surface area contributed by atoms with Crippen LogP contribution in [0.5, 0.6) is 5.75 Å². The first-order valence-corrected chi connectivity index (χ1v) is 4.86. The molecule has 0 radical (unpaired) electrons. The minimum atomic E-state index is -5.55. The van der Waals surface area contributed by atoms with Gasteiger partial charge >= 0.3 is 13.2 Å². The molecule has 0 fully saturated rings. The van der Waals surface area contributed by atoms with Gasteiger partial charge in [-0.15, -0.1) is 0 Å². The molecule has 1 aromatic rings. The Balaban J connectivity index is 2.68. The van der Waals surface area contributed by atoms with Crippen molar-refractivity contribution in [1.82, 2.24) is 0 Å². The molecule has 0 atom stereocenters. The van der Waals surface area contributed by atoms with Crippen molar-refractivity contribution >= 4 is 12.4 Å². The standard InChI is InChI=1S/C9H7BF7O2/c11-6-1-2-8(7(3-6)10(15,16)17)19-5-18-4-9(12,13)14/h1-3H,4-5H2/q-1. The molecule has 0 bridgehead atoms. The third-order valence-electron chi connectivity index (χ3n) is 1.89. The summed E-state index contributed by atoms with van der Waals surface area (Å²) in [5.41, 5.74) is -1.37. The van der Waals surface area contributed by atoms with E-state index in [1.165, 1.54) is 0 Å². The lowest BCUT2D eigenvalue weighted by atomic mass is 9.79. The van der Waals surface area contributed by atoms with Crippen LogP contribution < -0.4 is 10.2 Å². The van der Waals surface area contributed by atoms with Crippen molar-refractivity contribution in [2.24, 2.45) is 0 Å². The van der Waals surface area contributed by atoms with Crippen LogP contribution in [-0.2, 0) is 4.74 Å². The number of rotatable bonds is 5. The Labute approximate surface area is 103 Å². The van der Waals surface area contributed by atoms with Crippen molar-refractivity contribution in [3.05, 3.63) is 24.0 Å². The Kier molecular flexibility index (Phi) is 4.67. The van der Waals surface area contributed by atoms with Crippen LogP contribution in [-0.4, -0.2) is 26.6 Å². The second-order valence-electron chi connectivity index (χ2n) is 3.48. The molecule has 108 valence electrons. The van der Waals surface area contributed by atoms with E-state index in [0.29, 0.717) is 12.1 Å². The van der Waals surface area contributed by atoms with Crippen LogP contribution in [0.15, 0.2) is 18.2 Å². The van der Waals surface area contributed by atoms with Gasteiger partial charge in [-0.3, -0.25) is 0 Å². The van der Waals surface area contributed by atoms with Gasteiger partial charge in [0, 0.05) is 0 Å². The first-order valence-electron chi connectivity index (χ1n) is 4.86. The number of hydrogen-bond acceptors (Lipinski definition) is 2. The van der Waals surface area contributed by atoms with Gasteiger partial charge in [-0.25, -0.2) is 4.39 Å². The molecule has 0 spiro atoms. The Morgan fingerprint density at radius 2 is 1.74 bits per heavy atom. The molecule has 0 unspecified atom stereocenters. The Bertz CT molecular complexity index is 430. The highest BCUT2D eigenvalue weighted by Crippen LogP contribution is 2.19. The summed E-state index contributed by atoms with van der Waals surface area (Å²) in [4.78, 5) is 0. The van der Waals surface area contributed by atoms with Gasteiger partial charge in [0.05, 0.1) is 5.75 Å². The Morgan fingerprint density at radius 1 is 1.11 bits per heavy atom. The maximum atomic E-state index is 12.7. The molecule has 0 aromatic heterocycles. The molecule has 1 aromatic carbocycles. The maximum absolute atomic E-state index is 12.7. The van der Waals surface area contributed by atoms with Crippen LogP contribution >= 0.6 is 0 Å². The first-order chi connectivity index (χ1) is 8.59. The summed E-state index contributed by atoms with van der Waals surface area (Å²) in [7, 11) is 0. The van der Waals surface area contributed by atoms with Crippen molar-refractivity contribution in [3.8, 4) is 5.75 Å². The highest BCUT2D eigenvalue weighted by atomic mass is 19.4. The fraction of sp³-hybridized carbons (Fsp3) is 0.333. The van der Waals surface area contributed by atoms with Crippen molar-refractivity contribution in [2.75, 3.05) is 13.4 Å². The summed E-state index contributed by atoms with van der Waals surface area (Å²) in [5.74, 6) is -1.91. The average molecular weight is 291 g/mol. The van der Waals surface area contributed by atoms with Gasteiger partial charge < -0.3 is 22.4 Å². The van der Waals surface area contributed by atoms with E-state index in [2.05, 4.69) is 9.47 Å². The SMILES string of the molecule is Fc1ccc(OCOCC(F)(F)F)c([B-](F)(F)F)c1. The van der Waals surface area contributed by atoms with Gasteiger partial charge in [0.1, 0.15) is 12.4 Å². The summed E-state index contributed by atoms with van der Waals surface area (Å²) in [6.07, 6.45) is -4.61. The normalized spacial score (nSPS) is 12.6. The molecule has 0 saturated heterocycles. The van der Waals surface area contributed by atoms with Gasteiger partial charge in [0.15, 0.2) is 6.79 Å². The lowest BCUT2D eigenvalue weighted by molar-refractivity contribution is -0.186. The topological polar surface area (TPSA) is 18.5 Å². The minimum Gasteiger partial charge on any atom is -0.471 e. The van der Waals surface area contributed by atoms with Crippen LogP contribution in [0.2, 0.25) is 0 Å². The van der Waals surface area contributed by atoms with Gasteiger partial charge in [0.2, 0.25) is 0 Å². The fourth-order valence-electron chi connectivity index (χ4n) is 1.17. The molecule has 10 heteroatoms. The van der Waals surface area contributed by atoms with Crippen LogP contribution in [0, 0.1) is 5.82 Å². The largest absolute Gasteiger partial charge is 0.513 e. The average Bonchev–Trinajstić information content (AvgIpc) is 2.23. The smallest absolute Gasteiger partial charge is 0.471 e. The molecule has 0 heterocycles. The summed E-state index contributed by atoms with van der Waals surface area (Å²) in [6.45, 7) is -8.22. The molecular weight excluding hydrogens is 284 g/mol. The second-order valence-corrected chi connectivity index (χ2v) is 3.48. The third-order valence-corrected chi connectivity index (χ3v) is 1.89. The minimum absolute atomic E-state index is 0.207. The van der Waals surface area contributed by atoms with E-state index in [0.717, 1.165) is 0 Å². The number of ether oxygens (including phenoxy) is 2. The van der Waals surface area contributed by atoms with Crippen molar-refractivity contribution in [2.45, 2.75) is 6.18 Å². The molecular formula is C9H7BF7O2-. The van der Waals surface area contributed by atoms with Gasteiger partial charge in [-0.2, -0.15) is 13.2 Å². The summed E-state index contributed by atoms with van der Waals surface area (Å²) >= 11 is 0. The molecule has 0 aliphatic rings. The van der Waals surface area contributed by atoms with Crippen molar-refractivity contribution in [3.63, 3.8) is 0 Å². The lowest BCUT2D eigenvalue weighted by Crippen LogP contribution is -2.36. The molecule has 0 aliphatic heterocycles. The summed E-state index contributed by atoms with van der Waals surface area (Å²) < 4.78 is 93.8. The van der Waals surface area contributed by atoms with Gasteiger partial charge in [-0.1, -0.05) is 5.46 Å².